The van der Waals surface area contributed by atoms with Gasteiger partial charge in [-0.3, -0.25) is 4.79 Å². The van der Waals surface area contributed by atoms with Crippen LogP contribution < -0.4 is 5.32 Å². The van der Waals surface area contributed by atoms with E-state index in [4.69, 9.17) is 0 Å². The van der Waals surface area contributed by atoms with Crippen LogP contribution in [0.5, 0.6) is 0 Å². The van der Waals surface area contributed by atoms with Gasteiger partial charge >= 0.3 is 0 Å². The number of nitrogens with one attached hydrogen (secondary N) is 1. The van der Waals surface area contributed by atoms with Crippen LogP contribution in [0.25, 0.3) is 0 Å². The second-order valence-corrected chi connectivity index (χ2v) is 9.93. The van der Waals surface area contributed by atoms with E-state index in [0.29, 0.717) is 18.9 Å². The standard InChI is InChI=1S/C20H30FN3O3S/c1-15(2)23-11-9-17(10-12-23)22-20(25)16-7-13-24(14-8-16)28(26,27)19-6-4-3-5-18(19)21/h3-6,15-17H,7-14H2,1-2H3,(H,22,25). The third-order valence-corrected chi connectivity index (χ3v) is 7.82. The van der Waals surface area contributed by atoms with E-state index in [9.17, 15) is 17.6 Å². The van der Waals surface area contributed by atoms with Crippen LogP contribution in [0, 0.1) is 11.7 Å². The van der Waals surface area contributed by atoms with Crippen molar-refractivity contribution in [2.75, 3.05) is 26.2 Å². The van der Waals surface area contributed by atoms with Crippen molar-refractivity contribution in [1.82, 2.24) is 14.5 Å². The molecule has 1 amide bonds. The largest absolute Gasteiger partial charge is 0.353 e. The normalized spacial score (nSPS) is 21.1. The van der Waals surface area contributed by atoms with Gasteiger partial charge in [-0.25, -0.2) is 12.8 Å². The number of likely N-dealkylation sites (tertiary alicyclic amines) is 1. The minimum absolute atomic E-state index is 0.0194. The van der Waals surface area contributed by atoms with Crippen molar-refractivity contribution in [2.24, 2.45) is 5.92 Å². The number of halogens is 1. The van der Waals surface area contributed by atoms with Crippen LogP contribution in [0.1, 0.15) is 39.5 Å². The van der Waals surface area contributed by atoms with E-state index < -0.39 is 15.8 Å². The topological polar surface area (TPSA) is 69.7 Å². The maximum absolute atomic E-state index is 13.9. The van der Waals surface area contributed by atoms with Crippen LogP contribution in [-0.4, -0.2) is 61.8 Å². The first-order valence-corrected chi connectivity index (χ1v) is 11.5. The molecule has 6 nitrogen and oxygen atoms in total. The summed E-state index contributed by atoms with van der Waals surface area (Å²) in [5, 5.41) is 3.15. The van der Waals surface area contributed by atoms with E-state index in [1.807, 2.05) is 0 Å². The van der Waals surface area contributed by atoms with Gasteiger partial charge in [0.2, 0.25) is 15.9 Å². The number of sulfonamides is 1. The van der Waals surface area contributed by atoms with Crippen molar-refractivity contribution in [3.8, 4) is 0 Å². The second kappa shape index (κ2) is 8.88. The van der Waals surface area contributed by atoms with Gasteiger partial charge in [-0.15, -0.1) is 0 Å². The number of carbonyl (C=O) groups excluding carboxylic acids is 1. The molecule has 0 radical (unpaired) electrons. The molecule has 2 heterocycles. The van der Waals surface area contributed by atoms with E-state index in [1.54, 1.807) is 0 Å². The molecule has 0 aliphatic carbocycles. The van der Waals surface area contributed by atoms with Gasteiger partial charge < -0.3 is 10.2 Å². The lowest BCUT2D eigenvalue weighted by Crippen LogP contribution is -2.49. The summed E-state index contributed by atoms with van der Waals surface area (Å²) in [6.45, 7) is 6.81. The van der Waals surface area contributed by atoms with Gasteiger partial charge in [0.1, 0.15) is 10.7 Å². The number of carbonyl (C=O) groups is 1. The van der Waals surface area contributed by atoms with Crippen molar-refractivity contribution < 1.29 is 17.6 Å². The molecule has 2 aliphatic heterocycles. The number of hydrogen-bond donors (Lipinski definition) is 1. The summed E-state index contributed by atoms with van der Waals surface area (Å²) in [7, 11) is -3.86. The molecule has 1 N–H and O–H groups in total. The number of benzene rings is 1. The zero-order valence-corrected chi connectivity index (χ0v) is 17.4. The van der Waals surface area contributed by atoms with Crippen molar-refractivity contribution >= 4 is 15.9 Å². The lowest BCUT2D eigenvalue weighted by Gasteiger charge is -2.36. The van der Waals surface area contributed by atoms with Gasteiger partial charge in [0.15, 0.2) is 0 Å². The molecule has 2 saturated heterocycles. The van der Waals surface area contributed by atoms with Crippen molar-refractivity contribution in [3.63, 3.8) is 0 Å². The number of hydrogen-bond acceptors (Lipinski definition) is 4. The highest BCUT2D eigenvalue weighted by Gasteiger charge is 2.34. The molecule has 0 unspecified atom stereocenters. The highest BCUT2D eigenvalue weighted by molar-refractivity contribution is 7.89. The maximum Gasteiger partial charge on any atom is 0.245 e. The molecule has 0 bridgehead atoms. The summed E-state index contributed by atoms with van der Waals surface area (Å²) in [6.07, 6.45) is 2.82. The molecule has 1 aromatic carbocycles. The number of piperidine rings is 2. The minimum Gasteiger partial charge on any atom is -0.353 e. The molecule has 28 heavy (non-hydrogen) atoms. The Morgan fingerprint density at radius 1 is 1.07 bits per heavy atom. The summed E-state index contributed by atoms with van der Waals surface area (Å²) in [4.78, 5) is 14.7. The Kier molecular flexibility index (Phi) is 6.73. The zero-order valence-electron chi connectivity index (χ0n) is 16.6. The third-order valence-electron chi connectivity index (χ3n) is 5.89. The van der Waals surface area contributed by atoms with Crippen LogP contribution in [0.4, 0.5) is 4.39 Å². The van der Waals surface area contributed by atoms with Gasteiger partial charge in [-0.05, 0) is 51.7 Å². The van der Waals surface area contributed by atoms with Crippen LogP contribution in [0.2, 0.25) is 0 Å². The number of rotatable bonds is 5. The van der Waals surface area contributed by atoms with Crippen molar-refractivity contribution in [2.45, 2.75) is 56.5 Å². The Labute approximate surface area is 167 Å². The Balaban J connectivity index is 1.51. The molecule has 0 saturated carbocycles. The average molecular weight is 412 g/mol. The number of amides is 1. The van der Waals surface area contributed by atoms with Crippen molar-refractivity contribution in [1.29, 1.82) is 0 Å². The Morgan fingerprint density at radius 2 is 1.68 bits per heavy atom. The number of nitrogens with zero attached hydrogens (tertiary/aromatic N) is 2. The van der Waals surface area contributed by atoms with E-state index >= 15 is 0 Å². The molecule has 8 heteroatoms. The fraction of sp³-hybridized carbons (Fsp3) is 0.650. The van der Waals surface area contributed by atoms with Gasteiger partial charge in [-0.1, -0.05) is 12.1 Å². The SMILES string of the molecule is CC(C)N1CCC(NC(=O)C2CCN(S(=O)(=O)c3ccccc3F)CC2)CC1. The molecule has 0 atom stereocenters. The molecule has 156 valence electrons. The van der Waals surface area contributed by atoms with Gasteiger partial charge in [0, 0.05) is 44.2 Å². The van der Waals surface area contributed by atoms with Gasteiger partial charge in [-0.2, -0.15) is 4.31 Å². The summed E-state index contributed by atoms with van der Waals surface area (Å²) in [5.74, 6) is -0.906. The molecule has 2 fully saturated rings. The minimum atomic E-state index is -3.86. The predicted octanol–water partition coefficient (Wildman–Crippen LogP) is 2.22. The summed E-state index contributed by atoms with van der Waals surface area (Å²) in [6, 6.07) is 6.14. The van der Waals surface area contributed by atoms with Crippen LogP contribution >= 0.6 is 0 Å². The van der Waals surface area contributed by atoms with Crippen LogP contribution in [0.15, 0.2) is 29.2 Å². The third kappa shape index (κ3) is 4.72. The predicted molar refractivity (Wildman–Crippen MR) is 106 cm³/mol. The molecular formula is C20H30FN3O3S. The van der Waals surface area contributed by atoms with Crippen LogP contribution in [-0.2, 0) is 14.8 Å². The van der Waals surface area contributed by atoms with E-state index in [1.165, 1.54) is 22.5 Å². The van der Waals surface area contributed by atoms with E-state index in [-0.39, 0.29) is 35.9 Å². The van der Waals surface area contributed by atoms with E-state index in [0.717, 1.165) is 32.0 Å². The highest BCUT2D eigenvalue weighted by atomic mass is 32.2. The smallest absolute Gasteiger partial charge is 0.245 e. The molecule has 1 aromatic rings. The lowest BCUT2D eigenvalue weighted by molar-refractivity contribution is -0.127. The molecule has 3 rings (SSSR count). The molecule has 2 aliphatic rings. The Morgan fingerprint density at radius 3 is 2.25 bits per heavy atom. The summed E-state index contributed by atoms with van der Waals surface area (Å²) >= 11 is 0. The van der Waals surface area contributed by atoms with Gasteiger partial charge in [0.05, 0.1) is 0 Å². The fourth-order valence-corrected chi connectivity index (χ4v) is 5.57. The second-order valence-electron chi connectivity index (χ2n) is 8.02. The lowest BCUT2D eigenvalue weighted by atomic mass is 9.95. The first-order chi connectivity index (χ1) is 13.3. The van der Waals surface area contributed by atoms with Crippen molar-refractivity contribution in [3.05, 3.63) is 30.1 Å². The summed E-state index contributed by atoms with van der Waals surface area (Å²) in [5.41, 5.74) is 0. The van der Waals surface area contributed by atoms with Gasteiger partial charge in [0.25, 0.3) is 0 Å². The Bertz CT molecular complexity index is 784. The molecule has 0 aromatic heterocycles. The zero-order chi connectivity index (χ0) is 20.3. The highest BCUT2D eigenvalue weighted by Crippen LogP contribution is 2.26. The first-order valence-electron chi connectivity index (χ1n) is 10.1. The van der Waals surface area contributed by atoms with E-state index in [2.05, 4.69) is 24.1 Å². The molecular weight excluding hydrogens is 381 g/mol. The van der Waals surface area contributed by atoms with Crippen LogP contribution in [0.3, 0.4) is 0 Å². The maximum atomic E-state index is 13.9. The molecule has 0 spiro atoms. The fourth-order valence-electron chi connectivity index (χ4n) is 4.03. The summed E-state index contributed by atoms with van der Waals surface area (Å²) < 4.78 is 40.5. The monoisotopic (exact) mass is 411 g/mol. The quantitative estimate of drug-likeness (QED) is 0.807. The Hall–Kier alpha value is -1.51. The average Bonchev–Trinajstić information content (AvgIpc) is 2.68. The first kappa shape index (κ1) is 21.2.